The lowest BCUT2D eigenvalue weighted by atomic mass is 10.6. The third-order valence-corrected chi connectivity index (χ3v) is 1.52. The van der Waals surface area contributed by atoms with Crippen LogP contribution in [0.2, 0.25) is 0 Å². The molecule has 0 saturated heterocycles. The zero-order chi connectivity index (χ0) is 8.69. The highest BCUT2D eigenvalue weighted by Gasteiger charge is 1.99. The van der Waals surface area contributed by atoms with E-state index in [1.165, 1.54) is 0 Å². The zero-order valence-corrected chi connectivity index (χ0v) is 6.91. The lowest BCUT2D eigenvalue weighted by Gasteiger charge is -1.99. The van der Waals surface area contributed by atoms with Gasteiger partial charge < -0.3 is 11.1 Å². The van der Waals surface area contributed by atoms with Crippen molar-refractivity contribution in [2.75, 3.05) is 12.3 Å². The van der Waals surface area contributed by atoms with Crippen molar-refractivity contribution < 1.29 is 4.79 Å². The smallest absolute Gasteiger partial charge is 0.230 e. The van der Waals surface area contributed by atoms with Gasteiger partial charge in [-0.2, -0.15) is 0 Å². The summed E-state index contributed by atoms with van der Waals surface area (Å²) in [5.41, 5.74) is 5.02. The Morgan fingerprint density at radius 2 is 2.45 bits per heavy atom. The van der Waals surface area contributed by atoms with Gasteiger partial charge >= 0.3 is 0 Å². The van der Waals surface area contributed by atoms with Crippen LogP contribution in [-0.2, 0) is 4.79 Å². The predicted octanol–water partition coefficient (Wildman–Crippen LogP) is -0.0847. The van der Waals surface area contributed by atoms with Gasteiger partial charge in [0.1, 0.15) is 0 Å². The highest BCUT2D eigenvalue weighted by atomic mass is 32.2. The molecule has 0 heterocycles. The predicted molar refractivity (Wildman–Crippen MR) is 47.6 cm³/mol. The first-order valence-corrected chi connectivity index (χ1v) is 3.99. The van der Waals surface area contributed by atoms with Gasteiger partial charge in [0.2, 0.25) is 5.91 Å². The SMILES string of the molecule is C=CCNC(=O)CSC(=N)N. The second-order valence-electron chi connectivity index (χ2n) is 1.75. The largest absolute Gasteiger partial charge is 0.379 e. The Morgan fingerprint density at radius 3 is 2.91 bits per heavy atom. The van der Waals surface area contributed by atoms with Crippen LogP contribution in [0.3, 0.4) is 0 Å². The average molecular weight is 173 g/mol. The second kappa shape index (κ2) is 5.79. The van der Waals surface area contributed by atoms with Crippen LogP contribution in [0, 0.1) is 5.41 Å². The quantitative estimate of drug-likeness (QED) is 0.316. The fraction of sp³-hybridized carbons (Fsp3) is 0.333. The molecule has 0 unspecified atom stereocenters. The minimum Gasteiger partial charge on any atom is -0.379 e. The summed E-state index contributed by atoms with van der Waals surface area (Å²) in [7, 11) is 0. The third-order valence-electron chi connectivity index (χ3n) is 0.802. The average Bonchev–Trinajstić information content (AvgIpc) is 1.97. The van der Waals surface area contributed by atoms with Crippen molar-refractivity contribution in [2.24, 2.45) is 5.73 Å². The molecule has 0 saturated carbocycles. The van der Waals surface area contributed by atoms with E-state index in [-0.39, 0.29) is 16.8 Å². The third kappa shape index (κ3) is 6.92. The lowest BCUT2D eigenvalue weighted by Crippen LogP contribution is -2.26. The van der Waals surface area contributed by atoms with E-state index in [2.05, 4.69) is 11.9 Å². The molecule has 62 valence electrons. The van der Waals surface area contributed by atoms with Crippen LogP contribution in [0.1, 0.15) is 0 Å². The number of hydrogen-bond acceptors (Lipinski definition) is 3. The Kier molecular flexibility index (Phi) is 5.28. The van der Waals surface area contributed by atoms with Gasteiger partial charge in [-0.3, -0.25) is 10.2 Å². The Bertz CT molecular complexity index is 169. The van der Waals surface area contributed by atoms with Crippen molar-refractivity contribution in [1.29, 1.82) is 5.41 Å². The van der Waals surface area contributed by atoms with Crippen molar-refractivity contribution in [2.45, 2.75) is 0 Å². The number of thioether (sulfide) groups is 1. The number of nitrogens with one attached hydrogen (secondary N) is 2. The summed E-state index contributed by atoms with van der Waals surface area (Å²) >= 11 is 1.00. The molecule has 0 atom stereocenters. The van der Waals surface area contributed by atoms with Gasteiger partial charge in [-0.15, -0.1) is 6.58 Å². The van der Waals surface area contributed by atoms with Crippen LogP contribution in [0.15, 0.2) is 12.7 Å². The van der Waals surface area contributed by atoms with E-state index in [1.54, 1.807) is 6.08 Å². The van der Waals surface area contributed by atoms with Gasteiger partial charge in [0.05, 0.1) is 5.75 Å². The second-order valence-corrected chi connectivity index (χ2v) is 2.76. The molecular weight excluding hydrogens is 162 g/mol. The molecule has 0 aliphatic heterocycles. The maximum absolute atomic E-state index is 10.8. The minimum absolute atomic E-state index is 0.0428. The standard InChI is InChI=1S/C6H11N3OS/c1-2-3-9-5(10)4-11-6(7)8/h2H,1,3-4H2,(H3,7,8)(H,9,10). The summed E-state index contributed by atoms with van der Waals surface area (Å²) in [5, 5.41) is 9.32. The first-order valence-electron chi connectivity index (χ1n) is 3.01. The number of amides is 1. The molecule has 1 amide bonds. The summed E-state index contributed by atoms with van der Waals surface area (Å²) in [6.45, 7) is 3.90. The first kappa shape index (κ1) is 10.0. The van der Waals surface area contributed by atoms with Gasteiger partial charge in [0.15, 0.2) is 5.17 Å². The normalized spacial score (nSPS) is 8.73. The van der Waals surface area contributed by atoms with E-state index >= 15 is 0 Å². The molecule has 4 nitrogen and oxygen atoms in total. The summed E-state index contributed by atoms with van der Waals surface area (Å²) in [4.78, 5) is 10.8. The molecule has 4 N–H and O–H groups in total. The number of nitrogens with two attached hydrogens (primary N) is 1. The molecule has 0 bridgehead atoms. The maximum atomic E-state index is 10.8. The molecule has 0 spiro atoms. The molecule has 0 fully saturated rings. The van der Waals surface area contributed by atoms with Gasteiger partial charge in [-0.1, -0.05) is 17.8 Å². The summed E-state index contributed by atoms with van der Waals surface area (Å²) < 4.78 is 0. The molecule has 0 aromatic carbocycles. The van der Waals surface area contributed by atoms with E-state index in [0.29, 0.717) is 6.54 Å². The Hall–Kier alpha value is -0.970. The van der Waals surface area contributed by atoms with Crippen LogP contribution in [0.4, 0.5) is 0 Å². The molecule has 0 aliphatic carbocycles. The van der Waals surface area contributed by atoms with Crippen LogP contribution in [0.25, 0.3) is 0 Å². The highest BCUT2D eigenvalue weighted by molar-refractivity contribution is 8.14. The minimum atomic E-state index is -0.134. The molecule has 0 aliphatic rings. The lowest BCUT2D eigenvalue weighted by molar-refractivity contribution is -0.118. The Balaban J connectivity index is 3.37. The number of carbonyl (C=O) groups is 1. The number of carbonyl (C=O) groups excluding carboxylic acids is 1. The zero-order valence-electron chi connectivity index (χ0n) is 6.09. The van der Waals surface area contributed by atoms with Gasteiger partial charge in [0.25, 0.3) is 0 Å². The van der Waals surface area contributed by atoms with Gasteiger partial charge in [0, 0.05) is 6.54 Å². The fourth-order valence-corrected chi connectivity index (χ4v) is 0.769. The molecular formula is C6H11N3OS. The molecule has 5 heteroatoms. The van der Waals surface area contributed by atoms with E-state index in [9.17, 15) is 4.79 Å². The van der Waals surface area contributed by atoms with Crippen LogP contribution < -0.4 is 11.1 Å². The Morgan fingerprint density at radius 1 is 1.82 bits per heavy atom. The van der Waals surface area contributed by atoms with Crippen LogP contribution in [-0.4, -0.2) is 23.4 Å². The van der Waals surface area contributed by atoms with Crippen molar-refractivity contribution >= 4 is 22.8 Å². The van der Waals surface area contributed by atoms with Crippen LogP contribution in [0.5, 0.6) is 0 Å². The highest BCUT2D eigenvalue weighted by Crippen LogP contribution is 1.95. The van der Waals surface area contributed by atoms with E-state index in [0.717, 1.165) is 11.8 Å². The van der Waals surface area contributed by atoms with E-state index in [4.69, 9.17) is 11.1 Å². The van der Waals surface area contributed by atoms with E-state index in [1.807, 2.05) is 0 Å². The molecule has 0 aromatic heterocycles. The summed E-state index contributed by atoms with van der Waals surface area (Å²) in [6, 6.07) is 0. The number of amidine groups is 1. The van der Waals surface area contributed by atoms with Crippen molar-refractivity contribution in [3.05, 3.63) is 12.7 Å². The molecule has 0 aromatic rings. The topological polar surface area (TPSA) is 79.0 Å². The first-order chi connectivity index (χ1) is 5.16. The summed E-state index contributed by atoms with van der Waals surface area (Å²) in [6.07, 6.45) is 1.59. The van der Waals surface area contributed by atoms with Crippen molar-refractivity contribution in [3.8, 4) is 0 Å². The monoisotopic (exact) mass is 173 g/mol. The number of hydrogen-bond donors (Lipinski definition) is 3. The number of rotatable bonds is 4. The van der Waals surface area contributed by atoms with E-state index < -0.39 is 0 Å². The maximum Gasteiger partial charge on any atom is 0.230 e. The summed E-state index contributed by atoms with van der Waals surface area (Å²) in [5.74, 6) is 0.0634. The molecule has 11 heavy (non-hydrogen) atoms. The molecule has 0 rings (SSSR count). The van der Waals surface area contributed by atoms with Crippen molar-refractivity contribution in [3.63, 3.8) is 0 Å². The van der Waals surface area contributed by atoms with Crippen LogP contribution >= 0.6 is 11.8 Å². The Labute approximate surface area is 69.7 Å². The molecule has 0 radical (unpaired) electrons. The fourth-order valence-electron chi connectivity index (χ4n) is 0.380. The van der Waals surface area contributed by atoms with Crippen molar-refractivity contribution in [1.82, 2.24) is 5.32 Å². The van der Waals surface area contributed by atoms with Gasteiger partial charge in [-0.25, -0.2) is 0 Å². The van der Waals surface area contributed by atoms with Gasteiger partial charge in [-0.05, 0) is 0 Å².